The van der Waals surface area contributed by atoms with Gasteiger partial charge >= 0.3 is 0 Å². The van der Waals surface area contributed by atoms with Crippen molar-refractivity contribution in [3.05, 3.63) is 144 Å². The molecule has 2 nitrogen and oxygen atoms in total. The monoisotopic (exact) mass is 518 g/mol. The highest BCUT2D eigenvalue weighted by Gasteiger charge is 2.39. The average molecular weight is 518 g/mol. The molecule has 0 aliphatic heterocycles. The van der Waals surface area contributed by atoms with Gasteiger partial charge in [0, 0.05) is 34.7 Å². The number of benzene rings is 4. The van der Waals surface area contributed by atoms with E-state index in [1.807, 2.05) is 0 Å². The third-order valence-corrected chi connectivity index (χ3v) is 6.91. The molecule has 3 heteroatoms. The minimum Gasteiger partial charge on any atom is -0.312 e. The predicted octanol–water partition coefficient (Wildman–Crippen LogP) is 6.64. The van der Waals surface area contributed by atoms with Crippen LogP contribution in [0.4, 0.5) is 0 Å². The second-order valence-electron chi connectivity index (χ2n) is 7.97. The van der Waals surface area contributed by atoms with E-state index in [2.05, 4.69) is 148 Å². The molecule has 0 bridgehead atoms. The zero-order valence-corrected chi connectivity index (χ0v) is 19.5. The van der Waals surface area contributed by atoms with Gasteiger partial charge in [-0.25, -0.2) is 3.53 Å². The Hall–Kier alpha value is -2.47. The Morgan fingerprint density at radius 3 is 1.23 bits per heavy atom. The highest BCUT2D eigenvalue weighted by Crippen LogP contribution is 2.40. The van der Waals surface area contributed by atoms with Crippen LogP contribution < -0.4 is 9.26 Å². The van der Waals surface area contributed by atoms with Gasteiger partial charge in [-0.3, -0.25) is 0 Å². The fourth-order valence-electron chi connectivity index (χ4n) is 4.43. The predicted molar refractivity (Wildman–Crippen MR) is 138 cm³/mol. The molecular weight excluding hydrogens is 491 g/mol. The topological polar surface area (TPSA) is 38.0 Å². The third kappa shape index (κ3) is 5.06. The van der Waals surface area contributed by atoms with Crippen molar-refractivity contribution in [2.45, 2.75) is 23.9 Å². The van der Waals surface area contributed by atoms with Gasteiger partial charge in [0.25, 0.3) is 0 Å². The first-order chi connectivity index (χ1) is 15.2. The molecule has 4 aromatic carbocycles. The van der Waals surface area contributed by atoms with Gasteiger partial charge in [0.05, 0.1) is 5.66 Å². The average Bonchev–Trinajstić information content (AvgIpc) is 2.85. The lowest BCUT2D eigenvalue weighted by molar-refractivity contribution is 0.330. The van der Waals surface area contributed by atoms with Gasteiger partial charge in [-0.15, -0.1) is 0 Å². The van der Waals surface area contributed by atoms with E-state index in [0.717, 1.165) is 6.42 Å². The zero-order chi connectivity index (χ0) is 21.5. The quantitative estimate of drug-likeness (QED) is 0.156. The number of hydrogen-bond donors (Lipinski definition) is 2. The SMILES string of the molecule is NC(CC(c1ccccc1)c1ccccc1)(NI)C(c1ccccc1)c1ccccc1. The minimum atomic E-state index is -0.667. The highest BCUT2D eigenvalue weighted by atomic mass is 127. The van der Waals surface area contributed by atoms with Gasteiger partial charge in [0.1, 0.15) is 0 Å². The molecule has 4 rings (SSSR count). The normalized spacial score (nSPS) is 13.3. The van der Waals surface area contributed by atoms with E-state index >= 15 is 0 Å². The molecule has 4 aromatic rings. The summed E-state index contributed by atoms with van der Waals surface area (Å²) in [5.41, 5.74) is 11.6. The van der Waals surface area contributed by atoms with E-state index in [1.54, 1.807) is 0 Å². The van der Waals surface area contributed by atoms with Crippen LogP contribution in [0.25, 0.3) is 0 Å². The van der Waals surface area contributed by atoms with Crippen LogP contribution in [0.2, 0.25) is 0 Å². The Balaban J connectivity index is 1.81. The van der Waals surface area contributed by atoms with Crippen LogP contribution in [0.3, 0.4) is 0 Å². The molecule has 0 amide bonds. The van der Waals surface area contributed by atoms with Crippen molar-refractivity contribution in [2.75, 3.05) is 0 Å². The first-order valence-electron chi connectivity index (χ1n) is 10.6. The van der Waals surface area contributed by atoms with E-state index in [-0.39, 0.29) is 11.8 Å². The zero-order valence-electron chi connectivity index (χ0n) is 17.4. The van der Waals surface area contributed by atoms with Crippen LogP contribution in [0.1, 0.15) is 40.5 Å². The molecule has 0 aliphatic carbocycles. The Labute approximate surface area is 199 Å². The van der Waals surface area contributed by atoms with E-state index in [0.29, 0.717) is 0 Å². The molecule has 0 saturated carbocycles. The molecule has 0 radical (unpaired) electrons. The number of halogens is 1. The summed E-state index contributed by atoms with van der Waals surface area (Å²) in [4.78, 5) is 0. The van der Waals surface area contributed by atoms with Crippen molar-refractivity contribution in [3.63, 3.8) is 0 Å². The summed E-state index contributed by atoms with van der Waals surface area (Å²) in [7, 11) is 0. The fraction of sp³-hybridized carbons (Fsp3) is 0.143. The summed E-state index contributed by atoms with van der Waals surface area (Å²) in [5.74, 6) is 0.173. The maximum absolute atomic E-state index is 7.26. The van der Waals surface area contributed by atoms with Crippen molar-refractivity contribution in [3.8, 4) is 0 Å². The summed E-state index contributed by atoms with van der Waals surface area (Å²) < 4.78 is 3.49. The highest BCUT2D eigenvalue weighted by molar-refractivity contribution is 14.1. The van der Waals surface area contributed by atoms with E-state index < -0.39 is 5.66 Å². The van der Waals surface area contributed by atoms with Crippen molar-refractivity contribution >= 4 is 22.9 Å². The van der Waals surface area contributed by atoms with Gasteiger partial charge in [-0.05, 0) is 28.7 Å². The number of rotatable bonds is 8. The first-order valence-corrected chi connectivity index (χ1v) is 11.7. The number of nitrogens with two attached hydrogens (primary N) is 1. The smallest absolute Gasteiger partial charge is 0.0867 e. The summed E-state index contributed by atoms with van der Waals surface area (Å²) in [5, 5.41) is 0. The molecule has 0 aliphatic rings. The van der Waals surface area contributed by atoms with E-state index in [1.165, 1.54) is 22.3 Å². The second-order valence-corrected chi connectivity index (χ2v) is 8.51. The lowest BCUT2D eigenvalue weighted by Gasteiger charge is -2.40. The van der Waals surface area contributed by atoms with Crippen LogP contribution in [-0.4, -0.2) is 5.66 Å². The van der Waals surface area contributed by atoms with Crippen LogP contribution in [-0.2, 0) is 0 Å². The van der Waals surface area contributed by atoms with Crippen molar-refractivity contribution < 1.29 is 0 Å². The Morgan fingerprint density at radius 1 is 0.581 bits per heavy atom. The first kappa shape index (κ1) is 21.8. The summed E-state index contributed by atoms with van der Waals surface area (Å²) in [6, 6.07) is 42.5. The Bertz CT molecular complexity index is 976. The van der Waals surface area contributed by atoms with Gasteiger partial charge in [0.2, 0.25) is 0 Å². The molecule has 1 unspecified atom stereocenters. The lowest BCUT2D eigenvalue weighted by atomic mass is 9.74. The molecule has 0 spiro atoms. The minimum absolute atomic E-state index is 0.00160. The van der Waals surface area contributed by atoms with Crippen LogP contribution in [0.5, 0.6) is 0 Å². The van der Waals surface area contributed by atoms with Gasteiger partial charge < -0.3 is 5.73 Å². The molecule has 0 heterocycles. The summed E-state index contributed by atoms with van der Waals surface area (Å²) >= 11 is 2.23. The van der Waals surface area contributed by atoms with E-state index in [4.69, 9.17) is 5.73 Å². The van der Waals surface area contributed by atoms with Crippen LogP contribution in [0.15, 0.2) is 121 Å². The molecule has 31 heavy (non-hydrogen) atoms. The molecule has 0 saturated heterocycles. The maximum atomic E-state index is 7.26. The van der Waals surface area contributed by atoms with Gasteiger partial charge in [-0.2, -0.15) is 0 Å². The van der Waals surface area contributed by atoms with Crippen LogP contribution >= 0.6 is 22.9 Å². The van der Waals surface area contributed by atoms with Crippen molar-refractivity contribution in [1.29, 1.82) is 0 Å². The Kier molecular flexibility index (Phi) is 7.17. The molecular formula is C28H27IN2. The third-order valence-electron chi connectivity index (χ3n) is 5.90. The molecule has 0 aromatic heterocycles. The molecule has 3 N–H and O–H groups in total. The van der Waals surface area contributed by atoms with Crippen molar-refractivity contribution in [2.24, 2.45) is 5.73 Å². The van der Waals surface area contributed by atoms with Gasteiger partial charge in [0.15, 0.2) is 0 Å². The molecule has 0 fully saturated rings. The second kappa shape index (κ2) is 10.2. The largest absolute Gasteiger partial charge is 0.312 e. The Morgan fingerprint density at radius 2 is 0.903 bits per heavy atom. The number of nitrogens with one attached hydrogen (secondary N) is 1. The lowest BCUT2D eigenvalue weighted by Crippen LogP contribution is -2.55. The van der Waals surface area contributed by atoms with E-state index in [9.17, 15) is 0 Å². The molecule has 156 valence electrons. The fourth-order valence-corrected chi connectivity index (χ4v) is 4.96. The maximum Gasteiger partial charge on any atom is 0.0867 e. The number of hydrogen-bond acceptors (Lipinski definition) is 2. The standard InChI is InChI=1S/C28H27IN2/c29-31-28(30,27(24-17-9-3-10-18-24)25-19-11-4-12-20-25)21-26(22-13-5-1-6-14-22)23-15-7-2-8-16-23/h1-20,26-27,31H,21,30H2. The summed E-state index contributed by atoms with van der Waals surface area (Å²) in [6.07, 6.45) is 0.748. The summed E-state index contributed by atoms with van der Waals surface area (Å²) in [6.45, 7) is 0. The molecule has 1 atom stereocenters. The van der Waals surface area contributed by atoms with Crippen LogP contribution in [0, 0.1) is 0 Å². The van der Waals surface area contributed by atoms with Crippen molar-refractivity contribution in [1.82, 2.24) is 3.53 Å². The van der Waals surface area contributed by atoms with Gasteiger partial charge in [-0.1, -0.05) is 121 Å².